The quantitative estimate of drug-likeness (QED) is 0.583. The fourth-order valence-corrected chi connectivity index (χ4v) is 1.59. The van der Waals surface area contributed by atoms with Crippen molar-refractivity contribution >= 4 is 11.8 Å². The van der Waals surface area contributed by atoms with Crippen LogP contribution in [-0.2, 0) is 9.59 Å². The number of carboxylic acid groups (broad SMARTS) is 1. The average molecular weight is 228 g/mol. The molecule has 0 unspecified atom stereocenters. The van der Waals surface area contributed by atoms with Gasteiger partial charge >= 0.3 is 5.97 Å². The van der Waals surface area contributed by atoms with Crippen molar-refractivity contribution in [1.29, 1.82) is 0 Å². The molecule has 0 aromatic carbocycles. The van der Waals surface area contributed by atoms with Crippen LogP contribution in [-0.4, -0.2) is 16.9 Å². The van der Waals surface area contributed by atoms with E-state index in [0.717, 1.165) is 32.1 Å². The number of rotatable bonds is 10. The molecule has 94 valence electrons. The zero-order chi connectivity index (χ0) is 12.4. The van der Waals surface area contributed by atoms with Crippen molar-refractivity contribution < 1.29 is 14.7 Å². The van der Waals surface area contributed by atoms with Gasteiger partial charge in [0.15, 0.2) is 0 Å². The molecule has 1 N–H and O–H groups in total. The van der Waals surface area contributed by atoms with Crippen LogP contribution in [0.25, 0.3) is 0 Å². The van der Waals surface area contributed by atoms with Gasteiger partial charge in [-0.3, -0.25) is 9.59 Å². The van der Waals surface area contributed by atoms with Crippen LogP contribution in [0.15, 0.2) is 0 Å². The topological polar surface area (TPSA) is 54.4 Å². The summed E-state index contributed by atoms with van der Waals surface area (Å²) in [5.74, 6) is -0.694. The molecule has 0 fully saturated rings. The Morgan fingerprint density at radius 1 is 1.06 bits per heavy atom. The molecule has 0 spiro atoms. The molecule has 16 heavy (non-hydrogen) atoms. The maximum absolute atomic E-state index is 11.4. The summed E-state index contributed by atoms with van der Waals surface area (Å²) >= 11 is 0. The van der Waals surface area contributed by atoms with E-state index in [9.17, 15) is 9.59 Å². The van der Waals surface area contributed by atoms with E-state index in [-0.39, 0.29) is 5.92 Å². The average Bonchev–Trinajstić information content (AvgIpc) is 2.24. The first-order valence-corrected chi connectivity index (χ1v) is 6.32. The highest BCUT2D eigenvalue weighted by atomic mass is 16.4. The third-order valence-electron chi connectivity index (χ3n) is 2.82. The van der Waals surface area contributed by atoms with Gasteiger partial charge < -0.3 is 5.11 Å². The Labute approximate surface area is 98.2 Å². The van der Waals surface area contributed by atoms with E-state index in [4.69, 9.17) is 5.11 Å². The summed E-state index contributed by atoms with van der Waals surface area (Å²) in [6.45, 7) is 3.84. The summed E-state index contributed by atoms with van der Waals surface area (Å²) in [6, 6.07) is 0. The third-order valence-corrected chi connectivity index (χ3v) is 2.82. The summed E-state index contributed by atoms with van der Waals surface area (Å²) in [5, 5.41) is 8.67. The lowest BCUT2D eigenvalue weighted by Crippen LogP contribution is -2.09. The predicted molar refractivity (Wildman–Crippen MR) is 64.4 cm³/mol. The van der Waals surface area contributed by atoms with Crippen molar-refractivity contribution in [2.45, 2.75) is 65.2 Å². The number of ketones is 1. The molecular weight excluding hydrogens is 204 g/mol. The van der Waals surface area contributed by atoms with Crippen LogP contribution in [0.4, 0.5) is 0 Å². The van der Waals surface area contributed by atoms with Crippen LogP contribution in [0.2, 0.25) is 0 Å². The monoisotopic (exact) mass is 228 g/mol. The molecule has 0 heterocycles. The van der Waals surface area contributed by atoms with Crippen LogP contribution in [0, 0.1) is 5.92 Å². The number of hydrogen-bond donors (Lipinski definition) is 1. The smallest absolute Gasteiger partial charge is 0.306 e. The van der Waals surface area contributed by atoms with E-state index in [1.807, 2.05) is 0 Å². The number of carboxylic acids is 1. The summed E-state index contributed by atoms with van der Waals surface area (Å²) in [6.07, 6.45) is 6.94. The van der Waals surface area contributed by atoms with Gasteiger partial charge in [-0.05, 0) is 19.3 Å². The minimum atomic E-state index is -0.741. The van der Waals surface area contributed by atoms with Crippen LogP contribution in [0.5, 0.6) is 0 Å². The largest absolute Gasteiger partial charge is 0.481 e. The van der Waals surface area contributed by atoms with Crippen molar-refractivity contribution in [3.63, 3.8) is 0 Å². The van der Waals surface area contributed by atoms with E-state index >= 15 is 0 Å². The van der Waals surface area contributed by atoms with Crippen molar-refractivity contribution in [3.8, 4) is 0 Å². The summed E-state index contributed by atoms with van der Waals surface area (Å²) in [4.78, 5) is 21.9. The molecule has 0 bridgehead atoms. The van der Waals surface area contributed by atoms with Crippen molar-refractivity contribution in [2.75, 3.05) is 0 Å². The lowest BCUT2D eigenvalue weighted by molar-refractivity contribution is -0.141. The molecule has 0 rings (SSSR count). The van der Waals surface area contributed by atoms with Gasteiger partial charge in [-0.25, -0.2) is 0 Å². The lowest BCUT2D eigenvalue weighted by atomic mass is 10.0. The van der Waals surface area contributed by atoms with Crippen molar-refractivity contribution in [2.24, 2.45) is 5.92 Å². The van der Waals surface area contributed by atoms with Gasteiger partial charge in [-0.1, -0.05) is 33.1 Å². The van der Waals surface area contributed by atoms with Gasteiger partial charge in [-0.15, -0.1) is 0 Å². The maximum Gasteiger partial charge on any atom is 0.306 e. The number of aliphatic carboxylic acids is 1. The number of carbonyl (C=O) groups is 2. The predicted octanol–water partition coefficient (Wildman–Crippen LogP) is 3.42. The Balaban J connectivity index is 3.37. The molecule has 3 heteroatoms. The SMILES string of the molecule is CCCCCC(=O)CCCC[C@@H](C)C(=O)O. The van der Waals surface area contributed by atoms with Gasteiger partial charge in [0.1, 0.15) is 5.78 Å². The van der Waals surface area contributed by atoms with Gasteiger partial charge in [0.25, 0.3) is 0 Å². The normalized spacial score (nSPS) is 12.4. The maximum atomic E-state index is 11.4. The minimum absolute atomic E-state index is 0.282. The Bertz CT molecular complexity index is 211. The first kappa shape index (κ1) is 15.1. The molecule has 0 aromatic rings. The number of unbranched alkanes of at least 4 members (excludes halogenated alkanes) is 3. The summed E-state index contributed by atoms with van der Waals surface area (Å²) < 4.78 is 0. The van der Waals surface area contributed by atoms with Crippen molar-refractivity contribution in [3.05, 3.63) is 0 Å². The third kappa shape index (κ3) is 8.45. The van der Waals surface area contributed by atoms with Gasteiger partial charge in [-0.2, -0.15) is 0 Å². The van der Waals surface area contributed by atoms with Crippen LogP contribution >= 0.6 is 0 Å². The number of Topliss-reactive ketones (excluding diaryl/α,β-unsaturated/α-hetero) is 1. The molecule has 0 aliphatic carbocycles. The molecule has 3 nitrogen and oxygen atoms in total. The molecular formula is C13H24O3. The number of carbonyl (C=O) groups excluding carboxylic acids is 1. The highest BCUT2D eigenvalue weighted by Crippen LogP contribution is 2.11. The van der Waals surface area contributed by atoms with Gasteiger partial charge in [0, 0.05) is 12.8 Å². The fourth-order valence-electron chi connectivity index (χ4n) is 1.59. The fraction of sp³-hybridized carbons (Fsp3) is 0.846. The molecule has 0 aliphatic heterocycles. The van der Waals surface area contributed by atoms with Gasteiger partial charge in [0.2, 0.25) is 0 Å². The van der Waals surface area contributed by atoms with E-state index in [2.05, 4.69) is 6.92 Å². The van der Waals surface area contributed by atoms with Crippen LogP contribution in [0.3, 0.4) is 0 Å². The molecule has 0 amide bonds. The second-order valence-corrected chi connectivity index (χ2v) is 4.48. The van der Waals surface area contributed by atoms with Crippen LogP contribution < -0.4 is 0 Å². The molecule has 0 saturated heterocycles. The molecule has 0 aromatic heterocycles. The highest BCUT2D eigenvalue weighted by molar-refractivity contribution is 5.78. The first-order valence-electron chi connectivity index (χ1n) is 6.32. The Hall–Kier alpha value is -0.860. The minimum Gasteiger partial charge on any atom is -0.481 e. The molecule has 0 saturated carbocycles. The Morgan fingerprint density at radius 3 is 2.12 bits per heavy atom. The number of hydrogen-bond acceptors (Lipinski definition) is 2. The molecule has 0 aliphatic rings. The van der Waals surface area contributed by atoms with Crippen LogP contribution in [0.1, 0.15) is 65.2 Å². The van der Waals surface area contributed by atoms with Gasteiger partial charge in [0.05, 0.1) is 5.92 Å². The van der Waals surface area contributed by atoms with E-state index in [1.54, 1.807) is 6.92 Å². The zero-order valence-electron chi connectivity index (χ0n) is 10.5. The second-order valence-electron chi connectivity index (χ2n) is 4.48. The van der Waals surface area contributed by atoms with E-state index in [1.165, 1.54) is 0 Å². The van der Waals surface area contributed by atoms with E-state index < -0.39 is 5.97 Å². The Morgan fingerprint density at radius 2 is 1.62 bits per heavy atom. The Kier molecular flexibility index (Phi) is 8.87. The lowest BCUT2D eigenvalue weighted by Gasteiger charge is -2.05. The standard InChI is InChI=1S/C13H24O3/c1-3-4-5-9-12(14)10-7-6-8-11(2)13(15)16/h11H,3-10H2,1-2H3,(H,15,16)/t11-/m1/s1. The second kappa shape index (κ2) is 9.37. The highest BCUT2D eigenvalue weighted by Gasteiger charge is 2.10. The summed E-state index contributed by atoms with van der Waals surface area (Å²) in [5.41, 5.74) is 0. The zero-order valence-corrected chi connectivity index (χ0v) is 10.5. The van der Waals surface area contributed by atoms with Crippen molar-refractivity contribution in [1.82, 2.24) is 0 Å². The molecule has 1 atom stereocenters. The summed E-state index contributed by atoms with van der Waals surface area (Å²) in [7, 11) is 0. The molecule has 0 radical (unpaired) electrons. The van der Waals surface area contributed by atoms with E-state index in [0.29, 0.717) is 25.0 Å². The first-order chi connectivity index (χ1) is 7.57.